The second kappa shape index (κ2) is 9.32. The van der Waals surface area contributed by atoms with E-state index in [2.05, 4.69) is 10.6 Å². The molecule has 0 radical (unpaired) electrons. The number of hydrogen-bond acceptors (Lipinski definition) is 4. The molecule has 148 valence electrons. The SMILES string of the molecule is Cl.O=C(NC1CCNCC1)c1oc2ccccc2c1COc1ccccc1Cl. The van der Waals surface area contributed by atoms with E-state index in [9.17, 15) is 4.79 Å². The van der Waals surface area contributed by atoms with E-state index in [-0.39, 0.29) is 31.0 Å². The third-order valence-corrected chi connectivity index (χ3v) is 5.10. The van der Waals surface area contributed by atoms with Gasteiger partial charge in [-0.1, -0.05) is 41.9 Å². The van der Waals surface area contributed by atoms with Crippen molar-refractivity contribution in [3.63, 3.8) is 0 Å². The summed E-state index contributed by atoms with van der Waals surface area (Å²) >= 11 is 6.18. The lowest BCUT2D eigenvalue weighted by molar-refractivity contribution is 0.0900. The van der Waals surface area contributed by atoms with Gasteiger partial charge in [-0.3, -0.25) is 4.79 Å². The first-order valence-electron chi connectivity index (χ1n) is 9.11. The monoisotopic (exact) mass is 420 g/mol. The number of halogens is 2. The van der Waals surface area contributed by atoms with Crippen molar-refractivity contribution in [2.45, 2.75) is 25.5 Å². The first-order valence-corrected chi connectivity index (χ1v) is 9.49. The van der Waals surface area contributed by atoms with Gasteiger partial charge in [0.1, 0.15) is 17.9 Å². The van der Waals surface area contributed by atoms with E-state index >= 15 is 0 Å². The molecule has 0 aliphatic carbocycles. The van der Waals surface area contributed by atoms with E-state index < -0.39 is 0 Å². The van der Waals surface area contributed by atoms with Crippen LogP contribution < -0.4 is 15.4 Å². The third-order valence-electron chi connectivity index (χ3n) is 4.79. The molecule has 1 amide bonds. The second-order valence-corrected chi connectivity index (χ2v) is 7.03. The number of ether oxygens (including phenoxy) is 1. The minimum atomic E-state index is -0.198. The number of hydrogen-bond donors (Lipinski definition) is 2. The van der Waals surface area contributed by atoms with E-state index in [0.717, 1.165) is 36.9 Å². The number of piperidine rings is 1. The van der Waals surface area contributed by atoms with Crippen molar-refractivity contribution in [1.82, 2.24) is 10.6 Å². The van der Waals surface area contributed by atoms with Gasteiger partial charge in [0.05, 0.1) is 5.02 Å². The predicted octanol–water partition coefficient (Wildman–Crippen LogP) is 4.57. The summed E-state index contributed by atoms with van der Waals surface area (Å²) in [6, 6.07) is 15.0. The number of carbonyl (C=O) groups excluding carboxylic acids is 1. The van der Waals surface area contributed by atoms with Gasteiger partial charge in [0.2, 0.25) is 0 Å². The first-order chi connectivity index (χ1) is 13.2. The van der Waals surface area contributed by atoms with Crippen molar-refractivity contribution in [1.29, 1.82) is 0 Å². The molecular weight excluding hydrogens is 399 g/mol. The number of furan rings is 1. The fourth-order valence-corrected chi connectivity index (χ4v) is 3.54. The third kappa shape index (κ3) is 4.43. The van der Waals surface area contributed by atoms with E-state index in [0.29, 0.717) is 22.1 Å². The zero-order valence-corrected chi connectivity index (χ0v) is 16.8. The summed E-state index contributed by atoms with van der Waals surface area (Å²) in [6.07, 6.45) is 1.83. The van der Waals surface area contributed by atoms with Gasteiger partial charge in [-0.05, 0) is 44.1 Å². The van der Waals surface area contributed by atoms with Crippen molar-refractivity contribution in [2.75, 3.05) is 13.1 Å². The van der Waals surface area contributed by atoms with Gasteiger partial charge in [-0.2, -0.15) is 0 Å². The number of carbonyl (C=O) groups is 1. The van der Waals surface area contributed by atoms with Crippen LogP contribution in [0.1, 0.15) is 29.0 Å². The lowest BCUT2D eigenvalue weighted by atomic mass is 10.1. The van der Waals surface area contributed by atoms with E-state index in [1.807, 2.05) is 36.4 Å². The molecule has 2 heterocycles. The quantitative estimate of drug-likeness (QED) is 0.634. The van der Waals surface area contributed by atoms with Crippen LogP contribution in [0.3, 0.4) is 0 Å². The summed E-state index contributed by atoms with van der Waals surface area (Å²) in [4.78, 5) is 12.9. The number of para-hydroxylation sites is 2. The van der Waals surface area contributed by atoms with Crippen molar-refractivity contribution in [3.05, 3.63) is 64.9 Å². The molecule has 0 unspecified atom stereocenters. The van der Waals surface area contributed by atoms with Crippen molar-refractivity contribution in [3.8, 4) is 5.75 Å². The van der Waals surface area contributed by atoms with Crippen LogP contribution in [0, 0.1) is 0 Å². The first kappa shape index (κ1) is 20.5. The summed E-state index contributed by atoms with van der Waals surface area (Å²) in [5, 5.41) is 7.80. The van der Waals surface area contributed by atoms with Crippen LogP contribution in [0.5, 0.6) is 5.75 Å². The zero-order chi connectivity index (χ0) is 18.6. The molecule has 0 bridgehead atoms. The average molecular weight is 421 g/mol. The normalized spacial score (nSPS) is 14.5. The Labute approximate surface area is 174 Å². The van der Waals surface area contributed by atoms with Crippen molar-refractivity contribution in [2.24, 2.45) is 0 Å². The van der Waals surface area contributed by atoms with E-state index in [1.165, 1.54) is 0 Å². The maximum absolute atomic E-state index is 12.9. The fraction of sp³-hybridized carbons (Fsp3) is 0.286. The van der Waals surface area contributed by atoms with Gasteiger partial charge in [-0.25, -0.2) is 0 Å². The number of nitrogens with one attached hydrogen (secondary N) is 2. The van der Waals surface area contributed by atoms with Crippen LogP contribution in [0.4, 0.5) is 0 Å². The Morgan fingerprint density at radius 1 is 1.14 bits per heavy atom. The molecule has 1 saturated heterocycles. The molecule has 0 saturated carbocycles. The summed E-state index contributed by atoms with van der Waals surface area (Å²) in [5.41, 5.74) is 1.41. The highest BCUT2D eigenvalue weighted by Gasteiger charge is 2.24. The smallest absolute Gasteiger partial charge is 0.287 e. The molecule has 1 aliphatic heterocycles. The minimum absolute atomic E-state index is 0. The summed E-state index contributed by atoms with van der Waals surface area (Å²) in [7, 11) is 0. The Morgan fingerprint density at radius 2 is 1.86 bits per heavy atom. The highest BCUT2D eigenvalue weighted by Crippen LogP contribution is 2.29. The van der Waals surface area contributed by atoms with Gasteiger partial charge < -0.3 is 19.8 Å². The molecule has 1 fully saturated rings. The molecule has 3 aromatic rings. The topological polar surface area (TPSA) is 63.5 Å². The molecular formula is C21H22Cl2N2O3. The van der Waals surface area contributed by atoms with Gasteiger partial charge in [-0.15, -0.1) is 12.4 Å². The van der Waals surface area contributed by atoms with Crippen LogP contribution in [0.2, 0.25) is 5.02 Å². The van der Waals surface area contributed by atoms with Crippen LogP contribution in [-0.4, -0.2) is 25.0 Å². The van der Waals surface area contributed by atoms with Crippen LogP contribution in [0.15, 0.2) is 52.9 Å². The van der Waals surface area contributed by atoms with Crippen LogP contribution >= 0.6 is 24.0 Å². The largest absolute Gasteiger partial charge is 0.487 e. The highest BCUT2D eigenvalue weighted by molar-refractivity contribution is 6.32. The van der Waals surface area contributed by atoms with Crippen LogP contribution in [0.25, 0.3) is 11.0 Å². The minimum Gasteiger partial charge on any atom is -0.487 e. The number of amides is 1. The average Bonchev–Trinajstić information content (AvgIpc) is 3.07. The van der Waals surface area contributed by atoms with Gasteiger partial charge in [0, 0.05) is 17.0 Å². The maximum atomic E-state index is 12.9. The highest BCUT2D eigenvalue weighted by atomic mass is 35.5. The molecule has 1 aromatic heterocycles. The van der Waals surface area contributed by atoms with Gasteiger partial charge in [0.15, 0.2) is 5.76 Å². The molecule has 0 atom stereocenters. The lowest BCUT2D eigenvalue weighted by Gasteiger charge is -2.23. The fourth-order valence-electron chi connectivity index (χ4n) is 3.35. The number of fused-ring (bicyclic) bond motifs is 1. The van der Waals surface area contributed by atoms with Gasteiger partial charge in [0.25, 0.3) is 5.91 Å². The Bertz CT molecular complexity index is 952. The van der Waals surface area contributed by atoms with E-state index in [1.54, 1.807) is 12.1 Å². The zero-order valence-electron chi connectivity index (χ0n) is 15.2. The Hall–Kier alpha value is -2.21. The molecule has 0 spiro atoms. The number of benzene rings is 2. The number of rotatable bonds is 5. The van der Waals surface area contributed by atoms with Gasteiger partial charge >= 0.3 is 0 Å². The Kier molecular flexibility index (Phi) is 6.83. The molecule has 5 nitrogen and oxygen atoms in total. The Morgan fingerprint density at radius 3 is 2.64 bits per heavy atom. The van der Waals surface area contributed by atoms with Crippen LogP contribution in [-0.2, 0) is 6.61 Å². The van der Waals surface area contributed by atoms with Crippen molar-refractivity contribution >= 4 is 40.9 Å². The van der Waals surface area contributed by atoms with E-state index in [4.69, 9.17) is 20.8 Å². The Balaban J connectivity index is 0.00000225. The molecule has 28 heavy (non-hydrogen) atoms. The summed E-state index contributed by atoms with van der Waals surface area (Å²) in [5.74, 6) is 0.687. The standard InChI is InChI=1S/C21H21ClN2O3.ClH/c22-17-6-2-4-8-19(17)26-13-16-15-5-1-3-7-18(15)27-20(16)21(25)24-14-9-11-23-12-10-14;/h1-8,14,23H,9-13H2,(H,24,25);1H. The summed E-state index contributed by atoms with van der Waals surface area (Å²) in [6.45, 7) is 2.02. The second-order valence-electron chi connectivity index (χ2n) is 6.62. The summed E-state index contributed by atoms with van der Waals surface area (Å²) < 4.78 is 11.8. The predicted molar refractivity (Wildman–Crippen MR) is 113 cm³/mol. The van der Waals surface area contributed by atoms with Crippen molar-refractivity contribution < 1.29 is 13.9 Å². The molecule has 4 rings (SSSR count). The molecule has 7 heteroatoms. The molecule has 2 aromatic carbocycles. The lowest BCUT2D eigenvalue weighted by Crippen LogP contribution is -2.42. The maximum Gasteiger partial charge on any atom is 0.287 e. The molecule has 2 N–H and O–H groups in total. The molecule has 1 aliphatic rings.